The lowest BCUT2D eigenvalue weighted by atomic mass is 10.0. The van der Waals surface area contributed by atoms with Crippen LogP contribution in [0.4, 0.5) is 5.82 Å². The molecule has 0 aliphatic carbocycles. The molecule has 4 aromatic rings. The zero-order valence-corrected chi connectivity index (χ0v) is 20.7. The lowest BCUT2D eigenvalue weighted by Crippen LogP contribution is -2.49. The number of aryl methyl sites for hydroxylation is 1. The summed E-state index contributed by atoms with van der Waals surface area (Å²) in [5.74, 6) is 1.47. The van der Waals surface area contributed by atoms with Gasteiger partial charge in [-0.25, -0.2) is 9.50 Å². The third kappa shape index (κ3) is 4.54. The van der Waals surface area contributed by atoms with E-state index in [1.54, 1.807) is 15.4 Å². The Morgan fingerprint density at radius 2 is 1.95 bits per heavy atom. The molecule has 2 saturated heterocycles. The maximum absolute atomic E-state index is 12.7. The second-order valence-electron chi connectivity index (χ2n) is 9.72. The van der Waals surface area contributed by atoms with Crippen LogP contribution in [0, 0.1) is 17.2 Å². The number of pyridine rings is 2. The smallest absolute Gasteiger partial charge is 0.223 e. The number of carbonyl (C=O) groups is 1. The van der Waals surface area contributed by atoms with E-state index < -0.39 is 0 Å². The number of fused-ring (bicyclic) bond motifs is 1. The number of anilines is 1. The summed E-state index contributed by atoms with van der Waals surface area (Å²) < 4.78 is 8.92. The Balaban J connectivity index is 1.22. The maximum atomic E-state index is 12.7. The van der Waals surface area contributed by atoms with Gasteiger partial charge >= 0.3 is 0 Å². The molecule has 0 N–H and O–H groups in total. The van der Waals surface area contributed by atoms with Gasteiger partial charge in [0.25, 0.3) is 0 Å². The van der Waals surface area contributed by atoms with Gasteiger partial charge in [-0.1, -0.05) is 0 Å². The molecule has 0 saturated carbocycles. The summed E-state index contributed by atoms with van der Waals surface area (Å²) in [5, 5.41) is 18.4. The van der Waals surface area contributed by atoms with E-state index in [0.29, 0.717) is 37.6 Å². The fourth-order valence-corrected chi connectivity index (χ4v) is 5.19. The van der Waals surface area contributed by atoms with Crippen molar-refractivity contribution in [3.05, 3.63) is 54.7 Å². The van der Waals surface area contributed by atoms with Crippen LogP contribution in [0.2, 0.25) is 0 Å². The van der Waals surface area contributed by atoms with Crippen LogP contribution in [-0.4, -0.2) is 74.6 Å². The van der Waals surface area contributed by atoms with Crippen molar-refractivity contribution in [2.75, 3.05) is 44.3 Å². The predicted molar refractivity (Wildman–Crippen MR) is 138 cm³/mol. The SMILES string of the molecule is Cn1cc(-c2cc(-c3ccc(N4CCN(C(=O)C[C@H]5CCOC5)CC4)nc3)c3c(C#N)cnn3c2)cn1. The van der Waals surface area contributed by atoms with Gasteiger partial charge in [-0.3, -0.25) is 9.48 Å². The molecular weight excluding hydrogens is 468 g/mol. The first-order chi connectivity index (χ1) is 18.1. The average molecular weight is 497 g/mol. The number of piperazine rings is 1. The van der Waals surface area contributed by atoms with Crippen molar-refractivity contribution in [1.29, 1.82) is 5.26 Å². The van der Waals surface area contributed by atoms with Gasteiger partial charge in [-0.05, 0) is 30.5 Å². The van der Waals surface area contributed by atoms with Crippen LogP contribution in [0.25, 0.3) is 27.8 Å². The largest absolute Gasteiger partial charge is 0.381 e. The van der Waals surface area contributed by atoms with Gasteiger partial charge in [-0.2, -0.15) is 15.5 Å². The van der Waals surface area contributed by atoms with Crippen LogP contribution in [0.5, 0.6) is 0 Å². The minimum atomic E-state index is 0.227. The third-order valence-electron chi connectivity index (χ3n) is 7.27. The number of carbonyl (C=O) groups excluding carboxylic acids is 1. The van der Waals surface area contributed by atoms with Crippen molar-refractivity contribution in [3.63, 3.8) is 0 Å². The van der Waals surface area contributed by atoms with Crippen molar-refractivity contribution >= 4 is 17.2 Å². The summed E-state index contributed by atoms with van der Waals surface area (Å²) in [6.45, 7) is 4.37. The number of nitriles is 1. The molecule has 10 nitrogen and oxygen atoms in total. The Bertz CT molecular complexity index is 1470. The van der Waals surface area contributed by atoms with E-state index in [1.807, 2.05) is 48.9 Å². The van der Waals surface area contributed by atoms with Gasteiger partial charge in [0.15, 0.2) is 0 Å². The molecule has 2 aliphatic heterocycles. The second kappa shape index (κ2) is 9.67. The second-order valence-corrected chi connectivity index (χ2v) is 9.72. The number of amides is 1. The number of rotatable bonds is 5. The highest BCUT2D eigenvalue weighted by molar-refractivity contribution is 5.87. The number of hydrogen-bond donors (Lipinski definition) is 0. The Labute approximate surface area is 214 Å². The van der Waals surface area contributed by atoms with Gasteiger partial charge in [0.1, 0.15) is 11.9 Å². The molecule has 0 radical (unpaired) electrons. The summed E-state index contributed by atoms with van der Waals surface area (Å²) in [5.41, 5.74) is 4.99. The monoisotopic (exact) mass is 496 g/mol. The molecule has 37 heavy (non-hydrogen) atoms. The Hall–Kier alpha value is -4.23. The van der Waals surface area contributed by atoms with Crippen LogP contribution < -0.4 is 4.90 Å². The summed E-state index contributed by atoms with van der Waals surface area (Å²) >= 11 is 0. The van der Waals surface area contributed by atoms with Crippen molar-refractivity contribution in [2.45, 2.75) is 12.8 Å². The van der Waals surface area contributed by atoms with E-state index in [4.69, 9.17) is 9.72 Å². The number of aromatic nitrogens is 5. The molecule has 10 heteroatoms. The summed E-state index contributed by atoms with van der Waals surface area (Å²) in [7, 11) is 1.88. The molecule has 2 aliphatic rings. The quantitative estimate of drug-likeness (QED) is 0.418. The molecule has 0 bridgehead atoms. The standard InChI is InChI=1S/C27H28N8O2/c1-32-16-23(15-30-32)21-11-24(27-22(12-28)14-31-35(27)17-21)20-2-3-25(29-13-20)33-5-7-34(8-6-33)26(36)10-19-4-9-37-18-19/h2-3,11,13-17,19H,4-10,18H2,1H3/t19-/m1/s1. The van der Waals surface area contributed by atoms with E-state index in [0.717, 1.165) is 59.7 Å². The van der Waals surface area contributed by atoms with Crippen LogP contribution >= 0.6 is 0 Å². The molecule has 0 spiro atoms. The Kier molecular flexibility index (Phi) is 6.06. The van der Waals surface area contributed by atoms with Gasteiger partial charge < -0.3 is 14.5 Å². The van der Waals surface area contributed by atoms with Gasteiger partial charge in [0, 0.05) is 93.7 Å². The molecule has 1 atom stereocenters. The average Bonchev–Trinajstić information content (AvgIpc) is 3.69. The topological polar surface area (TPSA) is 105 Å². The van der Waals surface area contributed by atoms with Gasteiger partial charge in [0.2, 0.25) is 5.91 Å². The van der Waals surface area contributed by atoms with Gasteiger partial charge in [-0.15, -0.1) is 0 Å². The van der Waals surface area contributed by atoms with Crippen LogP contribution in [-0.2, 0) is 16.6 Å². The fourth-order valence-electron chi connectivity index (χ4n) is 5.19. The number of ether oxygens (including phenoxy) is 1. The van der Waals surface area contributed by atoms with Crippen LogP contribution in [0.3, 0.4) is 0 Å². The van der Waals surface area contributed by atoms with E-state index in [-0.39, 0.29) is 5.91 Å². The zero-order chi connectivity index (χ0) is 25.4. The number of hydrogen-bond acceptors (Lipinski definition) is 7. The summed E-state index contributed by atoms with van der Waals surface area (Å²) in [6, 6.07) is 8.37. The minimum absolute atomic E-state index is 0.227. The van der Waals surface area contributed by atoms with Crippen molar-refractivity contribution < 1.29 is 9.53 Å². The highest BCUT2D eigenvalue weighted by atomic mass is 16.5. The highest BCUT2D eigenvalue weighted by Crippen LogP contribution is 2.32. The van der Waals surface area contributed by atoms with E-state index >= 15 is 0 Å². The molecule has 6 heterocycles. The maximum Gasteiger partial charge on any atom is 0.223 e. The highest BCUT2D eigenvalue weighted by Gasteiger charge is 2.26. The van der Waals surface area contributed by atoms with Crippen molar-refractivity contribution in [1.82, 2.24) is 29.3 Å². The first-order valence-electron chi connectivity index (χ1n) is 12.6. The lowest BCUT2D eigenvalue weighted by Gasteiger charge is -2.35. The van der Waals surface area contributed by atoms with Crippen LogP contribution in [0.1, 0.15) is 18.4 Å². The molecule has 1 amide bonds. The van der Waals surface area contributed by atoms with Crippen LogP contribution in [0.15, 0.2) is 49.2 Å². The fraction of sp³-hybridized carbons (Fsp3) is 0.370. The molecule has 6 rings (SSSR count). The molecule has 4 aromatic heterocycles. The minimum Gasteiger partial charge on any atom is -0.381 e. The Morgan fingerprint density at radius 3 is 2.62 bits per heavy atom. The predicted octanol–water partition coefficient (Wildman–Crippen LogP) is 2.74. The lowest BCUT2D eigenvalue weighted by molar-refractivity contribution is -0.132. The number of nitrogens with zero attached hydrogens (tertiary/aromatic N) is 8. The first kappa shape index (κ1) is 23.2. The molecule has 0 unspecified atom stereocenters. The Morgan fingerprint density at radius 1 is 1.08 bits per heavy atom. The van der Waals surface area contributed by atoms with Gasteiger partial charge in [0.05, 0.1) is 23.5 Å². The molecule has 188 valence electrons. The van der Waals surface area contributed by atoms with E-state index in [1.165, 1.54) is 0 Å². The summed E-state index contributed by atoms with van der Waals surface area (Å²) in [6.07, 6.45) is 10.7. The molecule has 0 aromatic carbocycles. The third-order valence-corrected chi connectivity index (χ3v) is 7.27. The van der Waals surface area contributed by atoms with Crippen molar-refractivity contribution in [3.8, 4) is 28.3 Å². The molecular formula is C27H28N8O2. The van der Waals surface area contributed by atoms with E-state index in [2.05, 4.69) is 27.2 Å². The molecule has 2 fully saturated rings. The summed E-state index contributed by atoms with van der Waals surface area (Å²) in [4.78, 5) is 21.6. The first-order valence-corrected chi connectivity index (χ1v) is 12.6. The normalized spacial score (nSPS) is 17.9. The van der Waals surface area contributed by atoms with Crippen molar-refractivity contribution in [2.24, 2.45) is 13.0 Å². The van der Waals surface area contributed by atoms with E-state index in [9.17, 15) is 10.1 Å². The zero-order valence-electron chi connectivity index (χ0n) is 20.7.